The Morgan fingerprint density at radius 3 is 2.43 bits per heavy atom. The first-order chi connectivity index (χ1) is 13.3. The molecule has 0 aliphatic carbocycles. The van der Waals surface area contributed by atoms with Crippen molar-refractivity contribution in [3.8, 4) is 0 Å². The Morgan fingerprint density at radius 1 is 1.04 bits per heavy atom. The van der Waals surface area contributed by atoms with Crippen LogP contribution in [0.25, 0.3) is 0 Å². The van der Waals surface area contributed by atoms with E-state index in [0.717, 1.165) is 9.87 Å². The number of halogens is 2. The van der Waals surface area contributed by atoms with Gasteiger partial charge in [-0.25, -0.2) is 8.42 Å². The Balaban J connectivity index is 1.78. The number of hydrogen-bond donors (Lipinski definition) is 2. The first-order valence-electron chi connectivity index (χ1n) is 8.69. The number of aliphatic hydroxyl groups excluding tert-OH is 2. The van der Waals surface area contributed by atoms with E-state index >= 15 is 0 Å². The van der Waals surface area contributed by atoms with E-state index in [-0.39, 0.29) is 19.8 Å². The van der Waals surface area contributed by atoms with Gasteiger partial charge in [0.05, 0.1) is 47.3 Å². The molecule has 0 aromatic heterocycles. The van der Waals surface area contributed by atoms with Crippen molar-refractivity contribution < 1.29 is 23.4 Å². The second kappa shape index (κ2) is 9.09. The predicted molar refractivity (Wildman–Crippen MR) is 108 cm³/mol. The Hall–Kier alpha value is -1.19. The summed E-state index contributed by atoms with van der Waals surface area (Å²) in [5, 5.41) is 21.1. The van der Waals surface area contributed by atoms with Crippen LogP contribution in [0.1, 0.15) is 11.1 Å². The van der Waals surface area contributed by atoms with Gasteiger partial charge in [-0.1, -0.05) is 59.6 Å². The third-order valence-electron chi connectivity index (χ3n) is 4.62. The van der Waals surface area contributed by atoms with E-state index in [1.54, 1.807) is 18.2 Å². The van der Waals surface area contributed by atoms with Crippen LogP contribution in [0.4, 0.5) is 0 Å². The predicted octanol–water partition coefficient (Wildman–Crippen LogP) is 2.45. The molecular weight excluding hydrogens is 425 g/mol. The van der Waals surface area contributed by atoms with Gasteiger partial charge in [0.25, 0.3) is 0 Å². The number of rotatable bonds is 6. The fourth-order valence-corrected chi connectivity index (χ4v) is 5.22. The SMILES string of the molecule is O=S1(=O)C[C@@H](O)[C@H](O)[C@@H](COCc2ccccc2)N1Cc1ccc(Cl)c(Cl)c1. The van der Waals surface area contributed by atoms with Gasteiger partial charge in [-0.05, 0) is 23.3 Å². The van der Waals surface area contributed by atoms with E-state index in [1.807, 2.05) is 30.3 Å². The van der Waals surface area contributed by atoms with Crippen LogP contribution >= 0.6 is 23.2 Å². The van der Waals surface area contributed by atoms with E-state index in [9.17, 15) is 18.6 Å². The fourth-order valence-electron chi connectivity index (χ4n) is 3.13. The number of sulfonamides is 1. The number of benzene rings is 2. The van der Waals surface area contributed by atoms with Crippen molar-refractivity contribution in [2.75, 3.05) is 12.4 Å². The van der Waals surface area contributed by atoms with Crippen molar-refractivity contribution in [2.45, 2.75) is 31.4 Å². The summed E-state index contributed by atoms with van der Waals surface area (Å²) < 4.78 is 32.2. The van der Waals surface area contributed by atoms with Crippen molar-refractivity contribution in [3.63, 3.8) is 0 Å². The minimum absolute atomic E-state index is 0.0115. The topological polar surface area (TPSA) is 87.1 Å². The molecule has 6 nitrogen and oxygen atoms in total. The molecule has 1 fully saturated rings. The maximum Gasteiger partial charge on any atom is 0.217 e. The van der Waals surface area contributed by atoms with Gasteiger partial charge in [0.15, 0.2) is 0 Å². The van der Waals surface area contributed by atoms with Crippen molar-refractivity contribution in [1.82, 2.24) is 4.31 Å². The molecule has 1 heterocycles. The van der Waals surface area contributed by atoms with E-state index in [4.69, 9.17) is 27.9 Å². The molecule has 0 radical (unpaired) electrons. The van der Waals surface area contributed by atoms with Crippen molar-refractivity contribution in [2.24, 2.45) is 0 Å². The van der Waals surface area contributed by atoms with Gasteiger partial charge in [-0.15, -0.1) is 0 Å². The van der Waals surface area contributed by atoms with Gasteiger partial charge >= 0.3 is 0 Å². The van der Waals surface area contributed by atoms with Gasteiger partial charge in [0.2, 0.25) is 10.0 Å². The quantitative estimate of drug-likeness (QED) is 0.712. The summed E-state index contributed by atoms with van der Waals surface area (Å²) >= 11 is 11.9. The van der Waals surface area contributed by atoms with Crippen LogP contribution in [-0.4, -0.2) is 53.5 Å². The number of hydrogen-bond acceptors (Lipinski definition) is 5. The van der Waals surface area contributed by atoms with E-state index < -0.39 is 34.0 Å². The summed E-state index contributed by atoms with van der Waals surface area (Å²) in [7, 11) is -3.80. The number of nitrogens with zero attached hydrogens (tertiary/aromatic N) is 1. The smallest absolute Gasteiger partial charge is 0.217 e. The normalized spacial score (nSPS) is 24.9. The molecule has 2 aromatic rings. The summed E-state index contributed by atoms with van der Waals surface area (Å²) in [6, 6.07) is 13.3. The van der Waals surface area contributed by atoms with Gasteiger partial charge < -0.3 is 14.9 Å². The molecule has 152 valence electrons. The second-order valence-corrected chi connectivity index (χ2v) is 9.48. The minimum Gasteiger partial charge on any atom is -0.389 e. The molecule has 0 unspecified atom stereocenters. The van der Waals surface area contributed by atoms with Crippen LogP contribution in [0.15, 0.2) is 48.5 Å². The summed E-state index contributed by atoms with van der Waals surface area (Å²) in [6.45, 7) is 0.191. The summed E-state index contributed by atoms with van der Waals surface area (Å²) in [4.78, 5) is 0. The highest BCUT2D eigenvalue weighted by Gasteiger charge is 2.45. The molecule has 0 amide bonds. The van der Waals surface area contributed by atoms with E-state index in [0.29, 0.717) is 15.6 Å². The molecule has 0 spiro atoms. The third-order valence-corrected chi connectivity index (χ3v) is 7.24. The molecule has 1 aliphatic rings. The molecular formula is C19H21Cl2NO5S. The highest BCUT2D eigenvalue weighted by Crippen LogP contribution is 2.28. The zero-order valence-corrected chi connectivity index (χ0v) is 17.2. The highest BCUT2D eigenvalue weighted by molar-refractivity contribution is 7.89. The summed E-state index contributed by atoms with van der Waals surface area (Å²) in [6.07, 6.45) is -2.64. The highest BCUT2D eigenvalue weighted by atomic mass is 35.5. The van der Waals surface area contributed by atoms with Crippen LogP contribution in [0.5, 0.6) is 0 Å². The summed E-state index contributed by atoms with van der Waals surface area (Å²) in [5.74, 6) is -0.551. The van der Waals surface area contributed by atoms with Crippen LogP contribution in [0.3, 0.4) is 0 Å². The van der Waals surface area contributed by atoms with Crippen LogP contribution < -0.4 is 0 Å². The minimum atomic E-state index is -3.80. The lowest BCUT2D eigenvalue weighted by molar-refractivity contribution is -0.0530. The lowest BCUT2D eigenvalue weighted by atomic mass is 10.1. The Kier molecular flexibility index (Phi) is 6.98. The molecule has 0 bridgehead atoms. The zero-order valence-electron chi connectivity index (χ0n) is 14.9. The largest absolute Gasteiger partial charge is 0.389 e. The van der Waals surface area contributed by atoms with Crippen LogP contribution in [0, 0.1) is 0 Å². The fraction of sp³-hybridized carbons (Fsp3) is 0.368. The molecule has 3 atom stereocenters. The van der Waals surface area contributed by atoms with Gasteiger partial charge in [-0.2, -0.15) is 4.31 Å². The maximum absolute atomic E-state index is 12.7. The molecule has 2 N–H and O–H groups in total. The molecule has 3 rings (SSSR count). The maximum atomic E-state index is 12.7. The summed E-state index contributed by atoms with van der Waals surface area (Å²) in [5.41, 5.74) is 1.54. The third kappa shape index (κ3) is 5.04. The average molecular weight is 446 g/mol. The molecule has 1 saturated heterocycles. The molecule has 0 saturated carbocycles. The average Bonchev–Trinajstić information content (AvgIpc) is 2.65. The van der Waals surface area contributed by atoms with E-state index in [1.165, 1.54) is 0 Å². The lowest BCUT2D eigenvalue weighted by Gasteiger charge is -2.40. The molecule has 9 heteroatoms. The van der Waals surface area contributed by atoms with Crippen molar-refractivity contribution in [1.29, 1.82) is 0 Å². The van der Waals surface area contributed by atoms with Gasteiger partial charge in [-0.3, -0.25) is 0 Å². The van der Waals surface area contributed by atoms with Gasteiger partial charge in [0, 0.05) is 6.54 Å². The number of ether oxygens (including phenoxy) is 1. The van der Waals surface area contributed by atoms with Crippen LogP contribution in [-0.2, 0) is 27.9 Å². The lowest BCUT2D eigenvalue weighted by Crippen LogP contribution is -2.60. The first-order valence-corrected chi connectivity index (χ1v) is 11.1. The zero-order chi connectivity index (χ0) is 20.3. The standard InChI is InChI=1S/C19H21Cl2NO5S/c20-15-7-6-14(8-16(15)21)9-22-17(19(24)18(23)12-28(22,25)26)11-27-10-13-4-2-1-3-5-13/h1-8,17-19,23-24H,9-12H2/t17-,18-,19-/m1/s1. The number of aliphatic hydroxyl groups is 2. The molecule has 28 heavy (non-hydrogen) atoms. The van der Waals surface area contributed by atoms with Crippen molar-refractivity contribution in [3.05, 3.63) is 69.7 Å². The first kappa shape index (κ1) is 21.5. The van der Waals surface area contributed by atoms with Gasteiger partial charge in [0.1, 0.15) is 0 Å². The Labute approximate surface area is 174 Å². The molecule has 2 aromatic carbocycles. The van der Waals surface area contributed by atoms with E-state index in [2.05, 4.69) is 0 Å². The monoisotopic (exact) mass is 445 g/mol. The second-order valence-electron chi connectivity index (χ2n) is 6.70. The van der Waals surface area contributed by atoms with Crippen molar-refractivity contribution >= 4 is 33.2 Å². The Bertz CT molecular complexity index is 910. The molecule has 1 aliphatic heterocycles. The Morgan fingerprint density at radius 2 is 1.75 bits per heavy atom. The van der Waals surface area contributed by atoms with Crippen LogP contribution in [0.2, 0.25) is 10.0 Å².